The molecule has 0 aliphatic carbocycles. The Morgan fingerprint density at radius 2 is 1.81 bits per heavy atom. The number of pyridine rings is 2. The molecule has 8 heteroatoms. The van der Waals surface area contributed by atoms with Crippen molar-refractivity contribution >= 4 is 34.2 Å². The minimum absolute atomic E-state index is 0.731. The van der Waals surface area contributed by atoms with Crippen molar-refractivity contribution in [1.29, 1.82) is 0 Å². The Hall–Kier alpha value is -3.65. The summed E-state index contributed by atoms with van der Waals surface area (Å²) in [6, 6.07) is 16.1. The van der Waals surface area contributed by atoms with Crippen LogP contribution >= 0.6 is 0 Å². The van der Waals surface area contributed by atoms with Crippen LogP contribution in [0.5, 0.6) is 0 Å². The van der Waals surface area contributed by atoms with Gasteiger partial charge in [-0.3, -0.25) is 0 Å². The third-order valence-electron chi connectivity index (χ3n) is 5.29. The number of nitrogens with one attached hydrogen (secondary N) is 1. The number of ether oxygens (including phenoxy) is 1. The lowest BCUT2D eigenvalue weighted by Crippen LogP contribution is -2.36. The Labute approximate surface area is 180 Å². The summed E-state index contributed by atoms with van der Waals surface area (Å²) in [6.07, 6.45) is 1.80. The molecule has 0 unspecified atom stereocenters. The number of aromatic nitrogens is 3. The Morgan fingerprint density at radius 1 is 0.968 bits per heavy atom. The van der Waals surface area contributed by atoms with Crippen molar-refractivity contribution in [2.45, 2.75) is 0 Å². The second kappa shape index (κ2) is 8.23. The van der Waals surface area contributed by atoms with Crippen molar-refractivity contribution in [3.8, 4) is 11.1 Å². The zero-order chi connectivity index (χ0) is 21.2. The molecule has 1 N–H and O–H groups in total. The molecule has 3 aromatic heterocycles. The Bertz CT molecular complexity index is 1200. The van der Waals surface area contributed by atoms with Crippen molar-refractivity contribution < 1.29 is 9.26 Å². The first-order valence-electron chi connectivity index (χ1n) is 10.3. The lowest BCUT2D eigenvalue weighted by molar-refractivity contribution is 0.122. The molecule has 0 saturated carbocycles. The van der Waals surface area contributed by atoms with Gasteiger partial charge in [-0.25, -0.2) is 9.97 Å². The van der Waals surface area contributed by atoms with Gasteiger partial charge < -0.3 is 24.4 Å². The smallest absolute Gasteiger partial charge is 0.179 e. The number of benzene rings is 1. The van der Waals surface area contributed by atoms with Crippen molar-refractivity contribution in [3.63, 3.8) is 0 Å². The van der Waals surface area contributed by atoms with Crippen LogP contribution in [-0.2, 0) is 4.74 Å². The van der Waals surface area contributed by atoms with Crippen LogP contribution < -0.4 is 15.1 Å². The van der Waals surface area contributed by atoms with Gasteiger partial charge in [0, 0.05) is 33.4 Å². The topological polar surface area (TPSA) is 79.6 Å². The molecule has 4 aromatic rings. The second-order valence-electron chi connectivity index (χ2n) is 7.65. The van der Waals surface area contributed by atoms with E-state index in [2.05, 4.69) is 26.4 Å². The predicted octanol–water partition coefficient (Wildman–Crippen LogP) is 3.93. The van der Waals surface area contributed by atoms with E-state index in [-0.39, 0.29) is 0 Å². The summed E-state index contributed by atoms with van der Waals surface area (Å²) in [5.74, 6) is 3.26. The maximum Gasteiger partial charge on any atom is 0.179 e. The molecule has 0 atom stereocenters. The molecule has 1 aliphatic heterocycles. The summed E-state index contributed by atoms with van der Waals surface area (Å²) in [6.45, 7) is 3.17. The Balaban J connectivity index is 1.41. The van der Waals surface area contributed by atoms with Crippen LogP contribution in [0.25, 0.3) is 22.1 Å². The summed E-state index contributed by atoms with van der Waals surface area (Å²) in [4.78, 5) is 13.4. The molecule has 31 heavy (non-hydrogen) atoms. The number of hydrogen-bond acceptors (Lipinski definition) is 8. The van der Waals surface area contributed by atoms with E-state index in [1.165, 1.54) is 0 Å². The van der Waals surface area contributed by atoms with Crippen LogP contribution in [0, 0.1) is 0 Å². The van der Waals surface area contributed by atoms with Crippen molar-refractivity contribution in [1.82, 2.24) is 15.1 Å². The molecule has 1 aromatic carbocycles. The third kappa shape index (κ3) is 4.02. The maximum atomic E-state index is 5.44. The largest absolute Gasteiger partial charge is 0.378 e. The summed E-state index contributed by atoms with van der Waals surface area (Å²) < 4.78 is 10.9. The van der Waals surface area contributed by atoms with Crippen LogP contribution in [0.1, 0.15) is 0 Å². The lowest BCUT2D eigenvalue weighted by atomic mass is 10.0. The fourth-order valence-electron chi connectivity index (χ4n) is 3.70. The highest BCUT2D eigenvalue weighted by molar-refractivity contribution is 5.92. The van der Waals surface area contributed by atoms with E-state index in [1.807, 2.05) is 61.5 Å². The number of nitrogens with zero attached hydrogens (tertiary/aromatic N) is 5. The van der Waals surface area contributed by atoms with Gasteiger partial charge in [0.25, 0.3) is 0 Å². The minimum atomic E-state index is 0.731. The molecular weight excluding hydrogens is 392 g/mol. The number of anilines is 4. The minimum Gasteiger partial charge on any atom is -0.378 e. The van der Waals surface area contributed by atoms with Crippen LogP contribution in [0.3, 0.4) is 0 Å². The number of morpholine rings is 1. The highest BCUT2D eigenvalue weighted by Gasteiger charge is 2.14. The fraction of sp³-hybridized carbons (Fsp3) is 0.261. The molecule has 4 heterocycles. The van der Waals surface area contributed by atoms with Crippen molar-refractivity contribution in [2.24, 2.45) is 0 Å². The van der Waals surface area contributed by atoms with Crippen LogP contribution in [-0.4, -0.2) is 55.5 Å². The van der Waals surface area contributed by atoms with Gasteiger partial charge in [-0.15, -0.1) is 0 Å². The summed E-state index contributed by atoms with van der Waals surface area (Å²) in [5, 5.41) is 8.47. The highest BCUT2D eigenvalue weighted by Crippen LogP contribution is 2.31. The van der Waals surface area contributed by atoms with Gasteiger partial charge in [0.15, 0.2) is 11.4 Å². The summed E-state index contributed by atoms with van der Waals surface area (Å²) in [7, 11) is 3.91. The van der Waals surface area contributed by atoms with Crippen molar-refractivity contribution in [2.75, 3.05) is 55.5 Å². The lowest BCUT2D eigenvalue weighted by Gasteiger charge is -2.28. The zero-order valence-electron chi connectivity index (χ0n) is 17.6. The zero-order valence-corrected chi connectivity index (χ0v) is 17.6. The molecule has 0 amide bonds. The molecule has 0 spiro atoms. The van der Waals surface area contributed by atoms with Gasteiger partial charge in [0.1, 0.15) is 17.5 Å². The average Bonchev–Trinajstić information content (AvgIpc) is 3.24. The summed E-state index contributed by atoms with van der Waals surface area (Å²) in [5.41, 5.74) is 2.89. The molecule has 158 valence electrons. The molecule has 0 radical (unpaired) electrons. The van der Waals surface area contributed by atoms with E-state index < -0.39 is 0 Å². The van der Waals surface area contributed by atoms with E-state index in [0.717, 1.165) is 71.7 Å². The van der Waals surface area contributed by atoms with Gasteiger partial charge in [-0.1, -0.05) is 17.3 Å². The van der Waals surface area contributed by atoms with Crippen LogP contribution in [0.15, 0.2) is 59.3 Å². The van der Waals surface area contributed by atoms with E-state index in [9.17, 15) is 0 Å². The standard InChI is InChI=1S/C23H24N6O2/c1-28(2)23-18-14-16(6-7-19(18)31-27-23)17-8-9-24-21(15-17)25-20-4-3-5-22(26-20)29-10-12-30-13-11-29/h3-9,14-15H,10-13H2,1-2H3,(H,24,25,26). The molecule has 1 aliphatic rings. The fourth-order valence-corrected chi connectivity index (χ4v) is 3.70. The quantitative estimate of drug-likeness (QED) is 0.524. The first kappa shape index (κ1) is 19.3. The molecule has 1 fully saturated rings. The first-order valence-corrected chi connectivity index (χ1v) is 10.3. The molecular formula is C23H24N6O2. The second-order valence-corrected chi connectivity index (χ2v) is 7.65. The maximum absolute atomic E-state index is 5.44. The first-order chi connectivity index (χ1) is 15.2. The molecule has 1 saturated heterocycles. The monoisotopic (exact) mass is 416 g/mol. The number of fused-ring (bicyclic) bond motifs is 1. The van der Waals surface area contributed by atoms with E-state index in [0.29, 0.717) is 0 Å². The molecule has 8 nitrogen and oxygen atoms in total. The molecule has 5 rings (SSSR count). The van der Waals surface area contributed by atoms with Gasteiger partial charge >= 0.3 is 0 Å². The number of hydrogen-bond donors (Lipinski definition) is 1. The SMILES string of the molecule is CN(C)c1noc2ccc(-c3ccnc(Nc4cccc(N5CCOCC5)n4)c3)cc12. The highest BCUT2D eigenvalue weighted by atomic mass is 16.5. The molecule has 0 bridgehead atoms. The van der Waals surface area contributed by atoms with E-state index in [4.69, 9.17) is 14.2 Å². The normalized spacial score (nSPS) is 14.1. The Kier molecular flexibility index (Phi) is 5.13. The third-order valence-corrected chi connectivity index (χ3v) is 5.29. The number of rotatable bonds is 5. The van der Waals surface area contributed by atoms with Crippen molar-refractivity contribution in [3.05, 3.63) is 54.7 Å². The van der Waals surface area contributed by atoms with E-state index in [1.54, 1.807) is 6.20 Å². The summed E-state index contributed by atoms with van der Waals surface area (Å²) >= 11 is 0. The van der Waals surface area contributed by atoms with Gasteiger partial charge in [0.2, 0.25) is 0 Å². The van der Waals surface area contributed by atoms with Gasteiger partial charge in [-0.2, -0.15) is 0 Å². The Morgan fingerprint density at radius 3 is 2.65 bits per heavy atom. The van der Waals surface area contributed by atoms with E-state index >= 15 is 0 Å². The van der Waals surface area contributed by atoms with Crippen LogP contribution in [0.4, 0.5) is 23.3 Å². The van der Waals surface area contributed by atoms with Gasteiger partial charge in [-0.05, 0) is 47.5 Å². The predicted molar refractivity (Wildman–Crippen MR) is 122 cm³/mol. The van der Waals surface area contributed by atoms with Gasteiger partial charge in [0.05, 0.1) is 18.6 Å². The van der Waals surface area contributed by atoms with Crippen LogP contribution in [0.2, 0.25) is 0 Å². The average molecular weight is 416 g/mol.